The highest BCUT2D eigenvalue weighted by Gasteiger charge is 2.21. The van der Waals surface area contributed by atoms with Crippen LogP contribution in [0.5, 0.6) is 0 Å². The molecule has 0 bridgehead atoms. The van der Waals surface area contributed by atoms with Crippen LogP contribution in [0, 0.1) is 5.92 Å². The maximum atomic E-state index is 12.6. The molecule has 1 saturated carbocycles. The van der Waals surface area contributed by atoms with Crippen LogP contribution in [-0.2, 0) is 0 Å². The molecular weight excluding hydrogens is 270 g/mol. The van der Waals surface area contributed by atoms with Crippen molar-refractivity contribution in [3.05, 3.63) is 35.4 Å². The van der Waals surface area contributed by atoms with Crippen molar-refractivity contribution in [2.24, 2.45) is 5.92 Å². The maximum absolute atomic E-state index is 12.6. The lowest BCUT2D eigenvalue weighted by molar-refractivity contribution is 0.0903. The summed E-state index contributed by atoms with van der Waals surface area (Å²) in [7, 11) is 0. The Hall–Kier alpha value is -1.15. The number of ketones is 1. The third-order valence-electron chi connectivity index (χ3n) is 5.45. The van der Waals surface area contributed by atoms with Crippen molar-refractivity contribution in [1.29, 1.82) is 0 Å². The summed E-state index contributed by atoms with van der Waals surface area (Å²) in [5, 5.41) is 0. The predicted octanol–water partition coefficient (Wildman–Crippen LogP) is 4.65. The Labute approximate surface area is 134 Å². The molecule has 2 fully saturated rings. The smallest absolute Gasteiger partial charge is 0.166 e. The van der Waals surface area contributed by atoms with E-state index in [1.165, 1.54) is 50.5 Å². The first-order valence-electron chi connectivity index (χ1n) is 9.10. The SMILES string of the molecule is CC(CN1CCCC1)C(=O)c1ccc(C2CCCCC2)cc1. The fraction of sp³-hybridized carbons (Fsp3) is 0.650. The fourth-order valence-corrected chi connectivity index (χ4v) is 4.08. The van der Waals surface area contributed by atoms with Gasteiger partial charge in [0, 0.05) is 18.0 Å². The molecule has 1 atom stereocenters. The van der Waals surface area contributed by atoms with E-state index < -0.39 is 0 Å². The van der Waals surface area contributed by atoms with Gasteiger partial charge in [0.15, 0.2) is 5.78 Å². The van der Waals surface area contributed by atoms with Crippen molar-refractivity contribution in [1.82, 2.24) is 4.90 Å². The Balaban J connectivity index is 1.59. The summed E-state index contributed by atoms with van der Waals surface area (Å²) in [5.41, 5.74) is 2.33. The van der Waals surface area contributed by atoms with Crippen molar-refractivity contribution in [2.75, 3.05) is 19.6 Å². The molecule has 1 heterocycles. The Kier molecular flexibility index (Phi) is 5.30. The van der Waals surface area contributed by atoms with Gasteiger partial charge in [-0.1, -0.05) is 50.5 Å². The molecule has 0 radical (unpaired) electrons. The van der Waals surface area contributed by atoms with Gasteiger partial charge in [-0.2, -0.15) is 0 Å². The average molecular weight is 299 g/mol. The monoisotopic (exact) mass is 299 g/mol. The number of likely N-dealkylation sites (tertiary alicyclic amines) is 1. The van der Waals surface area contributed by atoms with E-state index in [4.69, 9.17) is 0 Å². The van der Waals surface area contributed by atoms with Gasteiger partial charge in [0.05, 0.1) is 0 Å². The minimum Gasteiger partial charge on any atom is -0.303 e. The van der Waals surface area contributed by atoms with E-state index in [1.54, 1.807) is 0 Å². The van der Waals surface area contributed by atoms with Crippen molar-refractivity contribution >= 4 is 5.78 Å². The van der Waals surface area contributed by atoms with Crippen LogP contribution in [0.4, 0.5) is 0 Å². The summed E-state index contributed by atoms with van der Waals surface area (Å²) >= 11 is 0. The van der Waals surface area contributed by atoms with Gasteiger partial charge in [-0.05, 0) is 50.3 Å². The van der Waals surface area contributed by atoms with Crippen LogP contribution in [-0.4, -0.2) is 30.3 Å². The van der Waals surface area contributed by atoms with Crippen LogP contribution < -0.4 is 0 Å². The molecule has 1 aliphatic carbocycles. The third kappa shape index (κ3) is 3.78. The van der Waals surface area contributed by atoms with E-state index in [0.29, 0.717) is 5.78 Å². The number of nitrogens with zero attached hydrogens (tertiary/aromatic N) is 1. The van der Waals surface area contributed by atoms with Gasteiger partial charge < -0.3 is 4.90 Å². The fourth-order valence-electron chi connectivity index (χ4n) is 4.08. The molecule has 0 N–H and O–H groups in total. The van der Waals surface area contributed by atoms with Crippen LogP contribution in [0.15, 0.2) is 24.3 Å². The lowest BCUT2D eigenvalue weighted by atomic mass is 9.83. The summed E-state index contributed by atoms with van der Waals surface area (Å²) in [5.74, 6) is 1.14. The maximum Gasteiger partial charge on any atom is 0.166 e. The summed E-state index contributed by atoms with van der Waals surface area (Å²) < 4.78 is 0. The molecule has 1 saturated heterocycles. The van der Waals surface area contributed by atoms with E-state index in [0.717, 1.165) is 31.1 Å². The molecule has 0 aromatic heterocycles. The number of rotatable bonds is 5. The van der Waals surface area contributed by atoms with E-state index in [-0.39, 0.29) is 5.92 Å². The van der Waals surface area contributed by atoms with Gasteiger partial charge in [0.1, 0.15) is 0 Å². The number of hydrogen-bond donors (Lipinski definition) is 0. The second-order valence-electron chi connectivity index (χ2n) is 7.23. The number of benzene rings is 1. The molecule has 120 valence electrons. The van der Waals surface area contributed by atoms with E-state index in [2.05, 4.69) is 36.1 Å². The molecular formula is C20H29NO. The second kappa shape index (κ2) is 7.41. The second-order valence-corrected chi connectivity index (χ2v) is 7.23. The van der Waals surface area contributed by atoms with Crippen molar-refractivity contribution in [2.45, 2.75) is 57.8 Å². The topological polar surface area (TPSA) is 20.3 Å². The molecule has 1 unspecified atom stereocenters. The number of carbonyl (C=O) groups is 1. The zero-order valence-electron chi connectivity index (χ0n) is 13.9. The minimum absolute atomic E-state index is 0.110. The first kappa shape index (κ1) is 15.7. The first-order chi connectivity index (χ1) is 10.7. The summed E-state index contributed by atoms with van der Waals surface area (Å²) in [4.78, 5) is 15.0. The molecule has 2 aliphatic rings. The molecule has 1 aromatic carbocycles. The van der Waals surface area contributed by atoms with Gasteiger partial charge >= 0.3 is 0 Å². The van der Waals surface area contributed by atoms with Gasteiger partial charge in [-0.25, -0.2) is 0 Å². The van der Waals surface area contributed by atoms with Crippen LogP contribution in [0.3, 0.4) is 0 Å². The van der Waals surface area contributed by atoms with Crippen LogP contribution in [0.25, 0.3) is 0 Å². The van der Waals surface area contributed by atoms with Crippen molar-refractivity contribution in [3.63, 3.8) is 0 Å². The number of Topliss-reactive ketones (excluding diaryl/α,β-unsaturated/α-hetero) is 1. The van der Waals surface area contributed by atoms with Crippen LogP contribution >= 0.6 is 0 Å². The molecule has 22 heavy (non-hydrogen) atoms. The summed E-state index contributed by atoms with van der Waals surface area (Å²) in [6.07, 6.45) is 9.32. The van der Waals surface area contributed by atoms with Gasteiger partial charge in [-0.3, -0.25) is 4.79 Å². The van der Waals surface area contributed by atoms with Crippen LogP contribution in [0.2, 0.25) is 0 Å². The molecule has 2 heteroatoms. The average Bonchev–Trinajstić information content (AvgIpc) is 3.08. The van der Waals surface area contributed by atoms with Crippen LogP contribution in [0.1, 0.15) is 73.7 Å². The first-order valence-corrected chi connectivity index (χ1v) is 9.10. The zero-order chi connectivity index (χ0) is 15.4. The minimum atomic E-state index is 0.110. The van der Waals surface area contributed by atoms with E-state index in [9.17, 15) is 4.79 Å². The molecule has 0 amide bonds. The summed E-state index contributed by atoms with van der Waals surface area (Å²) in [6, 6.07) is 8.52. The Morgan fingerprint density at radius 1 is 1.05 bits per heavy atom. The highest BCUT2D eigenvalue weighted by molar-refractivity contribution is 5.97. The van der Waals surface area contributed by atoms with Crippen molar-refractivity contribution < 1.29 is 4.79 Å². The zero-order valence-corrected chi connectivity index (χ0v) is 13.9. The molecule has 0 spiro atoms. The normalized spacial score (nSPS) is 21.9. The van der Waals surface area contributed by atoms with Gasteiger partial charge in [0.2, 0.25) is 0 Å². The lowest BCUT2D eigenvalue weighted by Crippen LogP contribution is -2.29. The highest BCUT2D eigenvalue weighted by atomic mass is 16.1. The lowest BCUT2D eigenvalue weighted by Gasteiger charge is -2.22. The summed E-state index contributed by atoms with van der Waals surface area (Å²) in [6.45, 7) is 5.33. The molecule has 3 rings (SSSR count). The number of carbonyl (C=O) groups excluding carboxylic acids is 1. The molecule has 1 aromatic rings. The standard InChI is InChI=1S/C20H29NO/c1-16(15-21-13-5-6-14-21)20(22)19-11-9-18(10-12-19)17-7-3-2-4-8-17/h9-12,16-17H,2-8,13-15H2,1H3. The van der Waals surface area contributed by atoms with Gasteiger partial charge in [0.25, 0.3) is 0 Å². The molecule has 1 aliphatic heterocycles. The Bertz CT molecular complexity index is 481. The largest absolute Gasteiger partial charge is 0.303 e. The Morgan fingerprint density at radius 3 is 2.32 bits per heavy atom. The van der Waals surface area contributed by atoms with Gasteiger partial charge in [-0.15, -0.1) is 0 Å². The highest BCUT2D eigenvalue weighted by Crippen LogP contribution is 2.32. The quantitative estimate of drug-likeness (QED) is 0.738. The van der Waals surface area contributed by atoms with E-state index >= 15 is 0 Å². The number of hydrogen-bond acceptors (Lipinski definition) is 2. The predicted molar refractivity (Wildman–Crippen MR) is 91.4 cm³/mol. The van der Waals surface area contributed by atoms with E-state index in [1.807, 2.05) is 0 Å². The Morgan fingerprint density at radius 2 is 1.68 bits per heavy atom. The van der Waals surface area contributed by atoms with Crippen molar-refractivity contribution in [3.8, 4) is 0 Å². The molecule has 2 nitrogen and oxygen atoms in total. The third-order valence-corrected chi connectivity index (χ3v) is 5.45.